The minimum atomic E-state index is -0.311. The van der Waals surface area contributed by atoms with E-state index in [0.29, 0.717) is 13.0 Å². The molecule has 10 heteroatoms. The van der Waals surface area contributed by atoms with Gasteiger partial charge in [-0.15, -0.1) is 24.0 Å². The number of cyclic esters (lactones) is 1. The first-order valence-electron chi connectivity index (χ1n) is 14.0. The van der Waals surface area contributed by atoms with Crippen LogP contribution in [0.25, 0.3) is 21.8 Å². The lowest BCUT2D eigenvalue weighted by molar-refractivity contribution is 0.177. The van der Waals surface area contributed by atoms with Crippen molar-refractivity contribution in [3.05, 3.63) is 71.0 Å². The van der Waals surface area contributed by atoms with Crippen LogP contribution in [0.1, 0.15) is 22.3 Å². The molecule has 1 aliphatic rings. The van der Waals surface area contributed by atoms with Gasteiger partial charge in [0.15, 0.2) is 0 Å². The Bertz CT molecular complexity index is 1400. The summed E-state index contributed by atoms with van der Waals surface area (Å²) in [5, 5.41) is 14.4. The summed E-state index contributed by atoms with van der Waals surface area (Å²) in [5.41, 5.74) is 13.2. The first-order valence-corrected chi connectivity index (χ1v) is 14.0. The summed E-state index contributed by atoms with van der Waals surface area (Å²) in [4.78, 5) is 22.1. The first-order chi connectivity index (χ1) is 19.2. The van der Waals surface area contributed by atoms with Crippen LogP contribution in [0.3, 0.4) is 0 Å². The fourth-order valence-electron chi connectivity index (χ4n) is 4.99. The van der Waals surface area contributed by atoms with Crippen molar-refractivity contribution in [2.24, 2.45) is 5.73 Å². The quantitative estimate of drug-likeness (QED) is 0.155. The van der Waals surface area contributed by atoms with Gasteiger partial charge in [0.05, 0.1) is 12.6 Å². The van der Waals surface area contributed by atoms with Crippen LogP contribution in [0.5, 0.6) is 0 Å². The number of aliphatic hydroxyl groups is 1. The number of hydrogen-bond donors (Lipinski definition) is 5. The minimum absolute atomic E-state index is 0. The highest BCUT2D eigenvalue weighted by molar-refractivity contribution is 14.0. The van der Waals surface area contributed by atoms with Gasteiger partial charge in [0.25, 0.3) is 0 Å². The maximum atomic E-state index is 11.1. The molecule has 0 saturated carbocycles. The van der Waals surface area contributed by atoms with Crippen molar-refractivity contribution in [3.63, 3.8) is 0 Å². The second kappa shape index (κ2) is 15.5. The second-order valence-corrected chi connectivity index (χ2v) is 11.3. The Kier molecular flexibility index (Phi) is 12.5. The number of aliphatic hydroxyl groups excluding tert-OH is 1. The molecule has 1 saturated heterocycles. The number of nitrogens with one attached hydrogen (secondary N) is 3. The Labute approximate surface area is 259 Å². The third kappa shape index (κ3) is 9.44. The summed E-state index contributed by atoms with van der Waals surface area (Å²) in [7, 11) is 8.34. The lowest BCUT2D eigenvalue weighted by Gasteiger charge is -2.10. The number of hydrogen-bond acceptors (Lipinski definition) is 6. The van der Waals surface area contributed by atoms with Crippen LogP contribution in [-0.2, 0) is 30.4 Å². The third-order valence-corrected chi connectivity index (χ3v) is 7.27. The zero-order valence-corrected chi connectivity index (χ0v) is 26.9. The Balaban J connectivity index is 0.000000221. The summed E-state index contributed by atoms with van der Waals surface area (Å²) in [6, 6.07) is 12.7. The number of rotatable bonds is 11. The molecule has 0 bridgehead atoms. The van der Waals surface area contributed by atoms with E-state index < -0.39 is 0 Å². The van der Waals surface area contributed by atoms with Crippen molar-refractivity contribution >= 4 is 51.9 Å². The van der Waals surface area contributed by atoms with E-state index in [1.54, 1.807) is 0 Å². The largest absolute Gasteiger partial charge is 0.447 e. The summed E-state index contributed by atoms with van der Waals surface area (Å²) < 4.78 is 4.94. The average Bonchev–Trinajstić information content (AvgIpc) is 3.64. The molecule has 2 aromatic carbocycles. The van der Waals surface area contributed by atoms with Gasteiger partial charge in [0, 0.05) is 53.3 Å². The molecular weight excluding hydrogens is 631 g/mol. The number of aromatic nitrogens is 2. The number of nitrogens with zero attached hydrogens (tertiary/aromatic N) is 2. The van der Waals surface area contributed by atoms with Gasteiger partial charge in [-0.3, -0.25) is 0 Å². The fourth-order valence-corrected chi connectivity index (χ4v) is 4.99. The summed E-state index contributed by atoms with van der Waals surface area (Å²) in [6.45, 7) is 2.55. The molecule has 6 N–H and O–H groups in total. The van der Waals surface area contributed by atoms with E-state index >= 15 is 0 Å². The summed E-state index contributed by atoms with van der Waals surface area (Å²) in [6.07, 6.45) is 7.45. The van der Waals surface area contributed by atoms with E-state index in [0.717, 1.165) is 37.9 Å². The van der Waals surface area contributed by atoms with Crippen molar-refractivity contribution in [1.82, 2.24) is 25.1 Å². The molecule has 2 unspecified atom stereocenters. The number of nitrogens with two attached hydrogens (primary N) is 1. The molecule has 1 aliphatic heterocycles. The monoisotopic (exact) mass is 676 g/mol. The number of aromatic amines is 2. The molecule has 3 heterocycles. The molecule has 4 aromatic rings. The predicted octanol–water partition coefficient (Wildman–Crippen LogP) is 3.68. The Morgan fingerprint density at radius 1 is 0.927 bits per heavy atom. The normalized spacial score (nSPS) is 15.5. The number of alkyl carbamates (subject to hydrolysis) is 1. The number of benzene rings is 2. The van der Waals surface area contributed by atoms with Crippen molar-refractivity contribution < 1.29 is 14.6 Å². The van der Waals surface area contributed by atoms with Gasteiger partial charge in [-0.05, 0) is 100 Å². The highest BCUT2D eigenvalue weighted by Gasteiger charge is 2.22. The Morgan fingerprint density at radius 2 is 1.46 bits per heavy atom. The molecule has 2 aromatic heterocycles. The van der Waals surface area contributed by atoms with Gasteiger partial charge >= 0.3 is 6.09 Å². The van der Waals surface area contributed by atoms with Crippen molar-refractivity contribution in [2.45, 2.75) is 37.8 Å². The molecule has 5 rings (SSSR count). The molecule has 41 heavy (non-hydrogen) atoms. The van der Waals surface area contributed by atoms with Gasteiger partial charge < -0.3 is 40.7 Å². The van der Waals surface area contributed by atoms with Gasteiger partial charge in [-0.1, -0.05) is 12.1 Å². The first kappa shape index (κ1) is 32.9. The number of halogens is 1. The van der Waals surface area contributed by atoms with E-state index in [-0.39, 0.29) is 48.8 Å². The number of fused-ring (bicyclic) bond motifs is 2. The molecule has 9 nitrogen and oxygen atoms in total. The highest BCUT2D eigenvalue weighted by atomic mass is 127. The molecule has 2 atom stereocenters. The number of carbonyl (C=O) groups excluding carboxylic acids is 1. The molecule has 1 fully saturated rings. The third-order valence-electron chi connectivity index (χ3n) is 7.27. The van der Waals surface area contributed by atoms with E-state index in [4.69, 9.17) is 15.6 Å². The predicted molar refractivity (Wildman–Crippen MR) is 177 cm³/mol. The Morgan fingerprint density at radius 3 is 1.95 bits per heavy atom. The van der Waals surface area contributed by atoms with E-state index in [1.807, 2.05) is 0 Å². The minimum Gasteiger partial charge on any atom is -0.447 e. The maximum absolute atomic E-state index is 11.1. The number of amides is 1. The molecular formula is C31H45IN6O3. The fraction of sp³-hybridized carbons (Fsp3) is 0.452. The SMILES string of the molecule is CN(C)CCc1c[nH]c2ccc(CC(N)CO)cc12.CN(C)CCc1c[nH]c2ccc(CC3COC(=O)N3)cc12.I. The van der Waals surface area contributed by atoms with E-state index in [2.05, 4.69) is 102 Å². The van der Waals surface area contributed by atoms with Crippen molar-refractivity contribution in [3.8, 4) is 0 Å². The topological polar surface area (TPSA) is 123 Å². The number of carbonyl (C=O) groups is 1. The van der Waals surface area contributed by atoms with Gasteiger partial charge in [0.2, 0.25) is 0 Å². The van der Waals surface area contributed by atoms with Crippen molar-refractivity contribution in [2.75, 3.05) is 54.5 Å². The standard InChI is InChI=1S/C16H21N3O2.C15H23N3O.HI/c1-19(2)6-5-12-9-17-15-4-3-11(8-14(12)15)7-13-10-21-16(20)18-13;1-18(2)6-5-12-9-17-15-4-3-11(8-14(12)15)7-13(16)10-19;/h3-4,8-9,13,17H,5-7,10H2,1-2H3,(H,18,20);3-4,8-9,13,17,19H,5-7,10,16H2,1-2H3;1H. The maximum Gasteiger partial charge on any atom is 0.407 e. The van der Waals surface area contributed by atoms with E-state index in [9.17, 15) is 4.79 Å². The number of ether oxygens (including phenoxy) is 1. The molecule has 0 radical (unpaired) electrons. The van der Waals surface area contributed by atoms with Gasteiger partial charge in [-0.25, -0.2) is 4.79 Å². The van der Waals surface area contributed by atoms with Gasteiger partial charge in [0.1, 0.15) is 6.61 Å². The van der Waals surface area contributed by atoms with Crippen LogP contribution in [-0.4, -0.2) is 97.5 Å². The smallest absolute Gasteiger partial charge is 0.407 e. The van der Waals surface area contributed by atoms with Crippen LogP contribution in [0.4, 0.5) is 4.79 Å². The molecule has 0 spiro atoms. The number of H-pyrrole nitrogens is 2. The van der Waals surface area contributed by atoms with Crippen LogP contribution >= 0.6 is 24.0 Å². The van der Waals surface area contributed by atoms with Crippen LogP contribution in [0, 0.1) is 0 Å². The number of likely N-dealkylation sites (N-methyl/N-ethyl adjacent to an activating group) is 2. The van der Waals surface area contributed by atoms with Crippen LogP contribution < -0.4 is 11.1 Å². The lowest BCUT2D eigenvalue weighted by Crippen LogP contribution is -2.28. The summed E-state index contributed by atoms with van der Waals surface area (Å²) in [5.74, 6) is 0. The highest BCUT2D eigenvalue weighted by Crippen LogP contribution is 2.23. The van der Waals surface area contributed by atoms with E-state index in [1.165, 1.54) is 38.5 Å². The van der Waals surface area contributed by atoms with Crippen LogP contribution in [0.2, 0.25) is 0 Å². The molecule has 1 amide bonds. The molecule has 224 valence electrons. The lowest BCUT2D eigenvalue weighted by atomic mass is 10.0. The summed E-state index contributed by atoms with van der Waals surface area (Å²) >= 11 is 0. The average molecular weight is 677 g/mol. The zero-order chi connectivity index (χ0) is 28.6. The zero-order valence-electron chi connectivity index (χ0n) is 24.6. The Hall–Kier alpha value is -2.64. The van der Waals surface area contributed by atoms with Crippen molar-refractivity contribution in [1.29, 1.82) is 0 Å². The second-order valence-electron chi connectivity index (χ2n) is 11.3. The van der Waals surface area contributed by atoms with Crippen LogP contribution in [0.15, 0.2) is 48.8 Å². The van der Waals surface area contributed by atoms with Gasteiger partial charge in [-0.2, -0.15) is 0 Å². The molecule has 0 aliphatic carbocycles.